The van der Waals surface area contributed by atoms with Crippen LogP contribution in [-0.2, 0) is 4.79 Å². The van der Waals surface area contributed by atoms with Crippen LogP contribution in [0.2, 0.25) is 0 Å². The second-order valence-electron chi connectivity index (χ2n) is 5.83. The fourth-order valence-electron chi connectivity index (χ4n) is 3.11. The number of carboxylic acid groups (broad SMARTS) is 1. The van der Waals surface area contributed by atoms with Crippen LogP contribution in [0.3, 0.4) is 0 Å². The molecule has 1 fully saturated rings. The predicted octanol–water partition coefficient (Wildman–Crippen LogP) is 2.38. The highest BCUT2D eigenvalue weighted by Gasteiger charge is 2.39. The lowest BCUT2D eigenvalue weighted by atomic mass is 9.97. The molecule has 2 rings (SSSR count). The van der Waals surface area contributed by atoms with Gasteiger partial charge in [-0.1, -0.05) is 18.6 Å². The largest absolute Gasteiger partial charge is 0.480 e. The molecule has 112 valence electrons. The van der Waals surface area contributed by atoms with Gasteiger partial charge in [-0.3, -0.25) is 0 Å². The van der Waals surface area contributed by atoms with Crippen molar-refractivity contribution in [2.45, 2.75) is 51.5 Å². The zero-order valence-corrected chi connectivity index (χ0v) is 12.1. The first kappa shape index (κ1) is 14.9. The van der Waals surface area contributed by atoms with Crippen molar-refractivity contribution < 1.29 is 14.7 Å². The standard InChI is InChI=1S/C15H24N2O3/c1-11-8-10-17(13(11)14(18)19)15(20)16-9-7-12-5-3-2-4-6-12/h5,11,13H,2-4,6-10H2,1H3,(H,16,20)(H,18,19). The highest BCUT2D eigenvalue weighted by molar-refractivity contribution is 5.83. The average molecular weight is 280 g/mol. The minimum absolute atomic E-state index is 0.0271. The molecular weight excluding hydrogens is 256 g/mol. The molecule has 1 heterocycles. The van der Waals surface area contributed by atoms with Gasteiger partial charge in [0, 0.05) is 13.1 Å². The van der Waals surface area contributed by atoms with Crippen LogP contribution >= 0.6 is 0 Å². The van der Waals surface area contributed by atoms with Crippen molar-refractivity contribution in [3.05, 3.63) is 11.6 Å². The van der Waals surface area contributed by atoms with Crippen LogP contribution in [0.15, 0.2) is 11.6 Å². The van der Waals surface area contributed by atoms with E-state index in [-0.39, 0.29) is 11.9 Å². The van der Waals surface area contributed by atoms with E-state index in [1.54, 1.807) is 0 Å². The Hall–Kier alpha value is -1.52. The summed E-state index contributed by atoms with van der Waals surface area (Å²) in [6, 6.07) is -0.915. The molecule has 0 radical (unpaired) electrons. The lowest BCUT2D eigenvalue weighted by molar-refractivity contribution is -0.142. The van der Waals surface area contributed by atoms with E-state index in [1.807, 2.05) is 6.92 Å². The Balaban J connectivity index is 1.79. The van der Waals surface area contributed by atoms with E-state index >= 15 is 0 Å². The molecule has 0 aromatic rings. The maximum Gasteiger partial charge on any atom is 0.326 e. The number of aliphatic carboxylic acids is 1. The van der Waals surface area contributed by atoms with Gasteiger partial charge in [-0.25, -0.2) is 9.59 Å². The Morgan fingerprint density at radius 3 is 2.90 bits per heavy atom. The summed E-state index contributed by atoms with van der Waals surface area (Å²) in [4.78, 5) is 24.8. The van der Waals surface area contributed by atoms with Crippen LogP contribution in [0, 0.1) is 5.92 Å². The van der Waals surface area contributed by atoms with E-state index in [1.165, 1.54) is 23.3 Å². The van der Waals surface area contributed by atoms with Crippen LogP contribution in [0.5, 0.6) is 0 Å². The molecule has 1 aliphatic heterocycles. The number of rotatable bonds is 4. The number of carbonyl (C=O) groups excluding carboxylic acids is 1. The van der Waals surface area contributed by atoms with Crippen molar-refractivity contribution in [3.8, 4) is 0 Å². The normalized spacial score (nSPS) is 26.2. The number of hydrogen-bond donors (Lipinski definition) is 2. The van der Waals surface area contributed by atoms with E-state index < -0.39 is 12.0 Å². The second-order valence-corrected chi connectivity index (χ2v) is 5.83. The zero-order valence-electron chi connectivity index (χ0n) is 12.1. The molecule has 1 saturated heterocycles. The number of urea groups is 1. The third kappa shape index (κ3) is 3.52. The monoisotopic (exact) mass is 280 g/mol. The summed E-state index contributed by atoms with van der Waals surface area (Å²) in [5.41, 5.74) is 1.42. The summed E-state index contributed by atoms with van der Waals surface area (Å²) < 4.78 is 0. The molecule has 0 bridgehead atoms. The third-order valence-corrected chi connectivity index (χ3v) is 4.32. The molecule has 5 heteroatoms. The first-order valence-corrected chi connectivity index (χ1v) is 7.55. The molecule has 20 heavy (non-hydrogen) atoms. The first-order chi connectivity index (χ1) is 9.59. The maximum atomic E-state index is 12.1. The summed E-state index contributed by atoms with van der Waals surface area (Å²) >= 11 is 0. The lowest BCUT2D eigenvalue weighted by Gasteiger charge is -2.24. The van der Waals surface area contributed by atoms with Crippen molar-refractivity contribution in [2.24, 2.45) is 5.92 Å². The molecule has 0 aromatic heterocycles. The van der Waals surface area contributed by atoms with Gasteiger partial charge >= 0.3 is 12.0 Å². The van der Waals surface area contributed by atoms with Gasteiger partial charge in [-0.15, -0.1) is 0 Å². The molecule has 0 spiro atoms. The molecule has 2 unspecified atom stereocenters. The van der Waals surface area contributed by atoms with E-state index in [0.29, 0.717) is 13.1 Å². The Kier molecular flexibility index (Phi) is 5.04. The van der Waals surface area contributed by atoms with Crippen LogP contribution in [0.25, 0.3) is 0 Å². The number of carboxylic acids is 1. The lowest BCUT2D eigenvalue weighted by Crippen LogP contribution is -2.47. The summed E-state index contributed by atoms with van der Waals surface area (Å²) in [5, 5.41) is 12.1. The van der Waals surface area contributed by atoms with Gasteiger partial charge in [0.15, 0.2) is 0 Å². The molecule has 1 aliphatic carbocycles. The number of carbonyl (C=O) groups is 2. The molecule has 2 N–H and O–H groups in total. The van der Waals surface area contributed by atoms with E-state index in [0.717, 1.165) is 25.7 Å². The van der Waals surface area contributed by atoms with Crippen LogP contribution < -0.4 is 5.32 Å². The Morgan fingerprint density at radius 1 is 1.45 bits per heavy atom. The van der Waals surface area contributed by atoms with Gasteiger partial charge in [0.25, 0.3) is 0 Å². The molecule has 0 aromatic carbocycles. The molecule has 5 nitrogen and oxygen atoms in total. The van der Waals surface area contributed by atoms with Crippen molar-refractivity contribution in [2.75, 3.05) is 13.1 Å². The van der Waals surface area contributed by atoms with Gasteiger partial charge < -0.3 is 15.3 Å². The molecular formula is C15H24N2O3. The molecule has 2 atom stereocenters. The zero-order chi connectivity index (χ0) is 14.5. The fourth-order valence-corrected chi connectivity index (χ4v) is 3.11. The Bertz CT molecular complexity index is 406. The molecule has 2 aliphatic rings. The third-order valence-electron chi connectivity index (χ3n) is 4.32. The number of nitrogens with one attached hydrogen (secondary N) is 1. The highest BCUT2D eigenvalue weighted by atomic mass is 16.4. The first-order valence-electron chi connectivity index (χ1n) is 7.55. The average Bonchev–Trinajstić information content (AvgIpc) is 2.82. The number of likely N-dealkylation sites (tertiary alicyclic amines) is 1. The molecule has 2 amide bonds. The van der Waals surface area contributed by atoms with Gasteiger partial charge in [-0.2, -0.15) is 0 Å². The predicted molar refractivity (Wildman–Crippen MR) is 76.5 cm³/mol. The van der Waals surface area contributed by atoms with E-state index in [4.69, 9.17) is 0 Å². The van der Waals surface area contributed by atoms with E-state index in [2.05, 4.69) is 11.4 Å². The summed E-state index contributed by atoms with van der Waals surface area (Å²) in [6.45, 7) is 3.02. The van der Waals surface area contributed by atoms with Crippen molar-refractivity contribution in [3.63, 3.8) is 0 Å². The van der Waals surface area contributed by atoms with Gasteiger partial charge in [-0.05, 0) is 44.4 Å². The number of allylic oxidation sites excluding steroid dienone is 1. The number of hydrogen-bond acceptors (Lipinski definition) is 2. The maximum absolute atomic E-state index is 12.1. The topological polar surface area (TPSA) is 69.6 Å². The van der Waals surface area contributed by atoms with Crippen molar-refractivity contribution in [1.82, 2.24) is 10.2 Å². The van der Waals surface area contributed by atoms with Crippen molar-refractivity contribution >= 4 is 12.0 Å². The minimum atomic E-state index is -0.903. The summed E-state index contributed by atoms with van der Waals surface area (Å²) in [6.07, 6.45) is 8.70. The molecule has 0 saturated carbocycles. The van der Waals surface area contributed by atoms with E-state index in [9.17, 15) is 14.7 Å². The fraction of sp³-hybridized carbons (Fsp3) is 0.733. The summed E-state index contributed by atoms with van der Waals surface area (Å²) in [5.74, 6) is -0.876. The van der Waals surface area contributed by atoms with Gasteiger partial charge in [0.2, 0.25) is 0 Å². The van der Waals surface area contributed by atoms with Crippen LogP contribution in [-0.4, -0.2) is 41.1 Å². The second kappa shape index (κ2) is 6.77. The minimum Gasteiger partial charge on any atom is -0.480 e. The smallest absolute Gasteiger partial charge is 0.326 e. The van der Waals surface area contributed by atoms with Crippen LogP contribution in [0.1, 0.15) is 45.4 Å². The SMILES string of the molecule is CC1CCN(C(=O)NCCC2=CCCCC2)C1C(=O)O. The van der Waals surface area contributed by atoms with Gasteiger partial charge in [0.05, 0.1) is 0 Å². The quantitative estimate of drug-likeness (QED) is 0.777. The Morgan fingerprint density at radius 2 is 2.25 bits per heavy atom. The Labute approximate surface area is 120 Å². The number of nitrogens with zero attached hydrogens (tertiary/aromatic N) is 1. The highest BCUT2D eigenvalue weighted by Crippen LogP contribution is 2.24. The van der Waals surface area contributed by atoms with Crippen molar-refractivity contribution in [1.29, 1.82) is 0 Å². The van der Waals surface area contributed by atoms with Gasteiger partial charge in [0.1, 0.15) is 6.04 Å². The summed E-state index contributed by atoms with van der Waals surface area (Å²) in [7, 11) is 0. The van der Waals surface area contributed by atoms with Crippen LogP contribution in [0.4, 0.5) is 4.79 Å². The number of amides is 2.